The standard InChI is InChI=1S/C21H32O/c22-17-20(11-9-18(15-20)5-1-2-6-18)13-14-21(17)12-10-19(16-21)7-3-4-8-19/h1-16H2/t20-,21-/m1/s1. The van der Waals surface area contributed by atoms with Crippen LogP contribution >= 0.6 is 0 Å². The van der Waals surface area contributed by atoms with Gasteiger partial charge in [-0.15, -0.1) is 0 Å². The molecule has 4 spiro atoms. The summed E-state index contributed by atoms with van der Waals surface area (Å²) >= 11 is 0. The number of hydrogen-bond donors (Lipinski definition) is 0. The average molecular weight is 300 g/mol. The predicted octanol–water partition coefficient (Wildman–Crippen LogP) is 5.81. The zero-order valence-electron chi connectivity index (χ0n) is 14.2. The molecule has 0 aliphatic heterocycles. The molecule has 0 heterocycles. The predicted molar refractivity (Wildman–Crippen MR) is 88.6 cm³/mol. The molecule has 0 aromatic carbocycles. The molecule has 5 fully saturated rings. The van der Waals surface area contributed by atoms with Crippen LogP contribution in [0, 0.1) is 21.7 Å². The quantitative estimate of drug-likeness (QED) is 0.551. The summed E-state index contributed by atoms with van der Waals surface area (Å²) in [6, 6.07) is 0. The van der Waals surface area contributed by atoms with Crippen LogP contribution in [0.25, 0.3) is 0 Å². The molecule has 5 rings (SSSR count). The third-order valence-corrected chi connectivity index (χ3v) is 9.07. The summed E-state index contributed by atoms with van der Waals surface area (Å²) in [6.45, 7) is 0. The second-order valence-corrected chi connectivity index (χ2v) is 10.2. The molecule has 0 saturated heterocycles. The van der Waals surface area contributed by atoms with Crippen molar-refractivity contribution >= 4 is 5.78 Å². The van der Waals surface area contributed by atoms with E-state index in [2.05, 4.69) is 0 Å². The molecule has 0 bridgehead atoms. The molecule has 0 unspecified atom stereocenters. The topological polar surface area (TPSA) is 17.1 Å². The van der Waals surface area contributed by atoms with Crippen molar-refractivity contribution in [2.45, 2.75) is 103 Å². The van der Waals surface area contributed by atoms with Gasteiger partial charge in [0, 0.05) is 10.8 Å². The molecule has 5 aliphatic carbocycles. The minimum Gasteiger partial charge on any atom is -0.298 e. The first-order valence-electron chi connectivity index (χ1n) is 10.2. The van der Waals surface area contributed by atoms with E-state index < -0.39 is 0 Å². The molecular weight excluding hydrogens is 268 g/mol. The van der Waals surface area contributed by atoms with Crippen molar-refractivity contribution in [1.29, 1.82) is 0 Å². The van der Waals surface area contributed by atoms with E-state index in [-0.39, 0.29) is 10.8 Å². The first-order chi connectivity index (χ1) is 10.6. The molecule has 1 nitrogen and oxygen atoms in total. The Kier molecular flexibility index (Phi) is 2.81. The van der Waals surface area contributed by atoms with Gasteiger partial charge in [-0.05, 0) is 87.9 Å². The number of rotatable bonds is 0. The Labute approximate surface area is 135 Å². The highest BCUT2D eigenvalue weighted by atomic mass is 16.1. The van der Waals surface area contributed by atoms with Crippen molar-refractivity contribution in [2.75, 3.05) is 0 Å². The van der Waals surface area contributed by atoms with Crippen LogP contribution in [-0.2, 0) is 4.79 Å². The molecular formula is C21H32O. The minimum atomic E-state index is 0.147. The van der Waals surface area contributed by atoms with Gasteiger partial charge in [0.05, 0.1) is 0 Å². The van der Waals surface area contributed by atoms with Crippen molar-refractivity contribution in [1.82, 2.24) is 0 Å². The Hall–Kier alpha value is -0.330. The van der Waals surface area contributed by atoms with Crippen LogP contribution in [0.5, 0.6) is 0 Å². The molecule has 2 atom stereocenters. The van der Waals surface area contributed by atoms with E-state index >= 15 is 0 Å². The van der Waals surface area contributed by atoms with Gasteiger partial charge >= 0.3 is 0 Å². The van der Waals surface area contributed by atoms with Crippen molar-refractivity contribution in [3.63, 3.8) is 0 Å². The highest BCUT2D eigenvalue weighted by Gasteiger charge is 2.64. The van der Waals surface area contributed by atoms with Gasteiger partial charge in [0.15, 0.2) is 0 Å². The summed E-state index contributed by atoms with van der Waals surface area (Å²) in [7, 11) is 0. The van der Waals surface area contributed by atoms with Crippen LogP contribution in [0.4, 0.5) is 0 Å². The van der Waals surface area contributed by atoms with Crippen molar-refractivity contribution < 1.29 is 4.79 Å². The lowest BCUT2D eigenvalue weighted by Crippen LogP contribution is -2.34. The Morgan fingerprint density at radius 3 is 1.27 bits per heavy atom. The number of carbonyl (C=O) groups excluding carboxylic acids is 1. The van der Waals surface area contributed by atoms with Crippen molar-refractivity contribution in [3.8, 4) is 0 Å². The summed E-state index contributed by atoms with van der Waals surface area (Å²) < 4.78 is 0. The van der Waals surface area contributed by atoms with Crippen LogP contribution in [0.15, 0.2) is 0 Å². The van der Waals surface area contributed by atoms with Gasteiger partial charge in [0.2, 0.25) is 0 Å². The fourth-order valence-electron chi connectivity index (χ4n) is 7.98. The Morgan fingerprint density at radius 2 is 0.864 bits per heavy atom. The second-order valence-electron chi connectivity index (χ2n) is 10.2. The lowest BCUT2D eigenvalue weighted by molar-refractivity contribution is -0.134. The van der Waals surface area contributed by atoms with Crippen LogP contribution in [0.1, 0.15) is 103 Å². The van der Waals surface area contributed by atoms with Crippen LogP contribution in [0.2, 0.25) is 0 Å². The van der Waals surface area contributed by atoms with Crippen LogP contribution in [-0.4, -0.2) is 5.78 Å². The van der Waals surface area contributed by atoms with Crippen LogP contribution in [0.3, 0.4) is 0 Å². The van der Waals surface area contributed by atoms with Gasteiger partial charge in [-0.25, -0.2) is 0 Å². The average Bonchev–Trinajstić information content (AvgIpc) is 3.31. The molecule has 5 aliphatic rings. The fraction of sp³-hybridized carbons (Fsp3) is 0.952. The molecule has 0 aromatic heterocycles. The number of ketones is 1. The number of carbonyl (C=O) groups is 1. The zero-order valence-corrected chi connectivity index (χ0v) is 14.2. The molecule has 5 saturated carbocycles. The molecule has 0 N–H and O–H groups in total. The summed E-state index contributed by atoms with van der Waals surface area (Å²) in [5.41, 5.74) is 1.50. The second kappa shape index (κ2) is 4.39. The van der Waals surface area contributed by atoms with E-state index in [0.717, 1.165) is 5.78 Å². The van der Waals surface area contributed by atoms with Crippen molar-refractivity contribution in [3.05, 3.63) is 0 Å². The maximum Gasteiger partial charge on any atom is 0.145 e. The van der Waals surface area contributed by atoms with E-state index in [1.54, 1.807) is 0 Å². The lowest BCUT2D eigenvalue weighted by Gasteiger charge is -2.31. The van der Waals surface area contributed by atoms with E-state index in [1.165, 1.54) is 103 Å². The minimum absolute atomic E-state index is 0.147. The fourth-order valence-corrected chi connectivity index (χ4v) is 7.98. The van der Waals surface area contributed by atoms with E-state index in [4.69, 9.17) is 0 Å². The summed E-state index contributed by atoms with van der Waals surface area (Å²) in [4.78, 5) is 13.6. The van der Waals surface area contributed by atoms with Gasteiger partial charge in [0.1, 0.15) is 5.78 Å². The maximum atomic E-state index is 13.6. The molecule has 122 valence electrons. The number of Topliss-reactive ketones (excluding diaryl/α,β-unsaturated/α-hetero) is 1. The van der Waals surface area contributed by atoms with Gasteiger partial charge in [-0.1, -0.05) is 25.7 Å². The van der Waals surface area contributed by atoms with Gasteiger partial charge in [-0.3, -0.25) is 4.79 Å². The maximum absolute atomic E-state index is 13.6. The summed E-state index contributed by atoms with van der Waals surface area (Å²) in [6.07, 6.45) is 21.8. The third-order valence-electron chi connectivity index (χ3n) is 9.07. The highest BCUT2D eigenvalue weighted by Crippen LogP contribution is 2.69. The molecule has 1 heteroatoms. The Balaban J connectivity index is 1.40. The lowest BCUT2D eigenvalue weighted by atomic mass is 9.71. The third kappa shape index (κ3) is 1.75. The molecule has 22 heavy (non-hydrogen) atoms. The zero-order chi connectivity index (χ0) is 14.9. The normalized spacial score (nSPS) is 45.4. The largest absolute Gasteiger partial charge is 0.298 e. The monoisotopic (exact) mass is 300 g/mol. The van der Waals surface area contributed by atoms with Crippen molar-refractivity contribution in [2.24, 2.45) is 21.7 Å². The van der Waals surface area contributed by atoms with Gasteiger partial charge in [-0.2, -0.15) is 0 Å². The van der Waals surface area contributed by atoms with Gasteiger partial charge in [0.25, 0.3) is 0 Å². The first-order valence-corrected chi connectivity index (χ1v) is 10.2. The molecule has 0 aromatic rings. The van der Waals surface area contributed by atoms with E-state index in [1.807, 2.05) is 0 Å². The Morgan fingerprint density at radius 1 is 0.500 bits per heavy atom. The highest BCUT2D eigenvalue weighted by molar-refractivity contribution is 5.93. The summed E-state index contributed by atoms with van der Waals surface area (Å²) in [5.74, 6) is 0.771. The smallest absolute Gasteiger partial charge is 0.145 e. The molecule has 0 amide bonds. The Bertz CT molecular complexity index is 450. The van der Waals surface area contributed by atoms with E-state index in [0.29, 0.717) is 10.8 Å². The van der Waals surface area contributed by atoms with Crippen LogP contribution < -0.4 is 0 Å². The first kappa shape index (κ1) is 14.1. The SMILES string of the molecule is O=C1[C@]2(CCC3(CCCC3)C2)CC[C@@]12CCC1(CCCC1)C2. The summed E-state index contributed by atoms with van der Waals surface area (Å²) in [5, 5.41) is 0. The van der Waals surface area contributed by atoms with Gasteiger partial charge < -0.3 is 0 Å². The molecule has 0 radical (unpaired) electrons. The number of hydrogen-bond acceptors (Lipinski definition) is 1. The van der Waals surface area contributed by atoms with E-state index in [9.17, 15) is 4.79 Å².